The summed E-state index contributed by atoms with van der Waals surface area (Å²) in [5.74, 6) is 9.27. The first-order chi connectivity index (χ1) is 28.4. The molecule has 2 saturated heterocycles. The highest BCUT2D eigenvalue weighted by Crippen LogP contribution is 2.35. The van der Waals surface area contributed by atoms with E-state index in [2.05, 4.69) is 31.8 Å². The van der Waals surface area contributed by atoms with E-state index < -0.39 is 0 Å². The van der Waals surface area contributed by atoms with Gasteiger partial charge in [0.1, 0.15) is 34.5 Å². The molecule has 0 radical (unpaired) electrons. The zero-order valence-corrected chi connectivity index (χ0v) is 32.0. The van der Waals surface area contributed by atoms with Crippen molar-refractivity contribution in [1.82, 2.24) is 39.7 Å². The number of rotatable bonds is 6. The summed E-state index contributed by atoms with van der Waals surface area (Å²) in [5.41, 5.74) is 7.24. The smallest absolute Gasteiger partial charge is 0.273 e. The Hall–Kier alpha value is -7.26. The van der Waals surface area contributed by atoms with Crippen LogP contribution in [0.1, 0.15) is 81.5 Å². The predicted molar refractivity (Wildman–Crippen MR) is 221 cm³/mol. The highest BCUT2D eigenvalue weighted by molar-refractivity contribution is 5.96. The predicted octanol–water partition coefficient (Wildman–Crippen LogP) is 7.91. The number of likely N-dealkylation sites (tertiary alicyclic amines) is 2. The summed E-state index contributed by atoms with van der Waals surface area (Å²) in [6, 6.07) is 30.2. The van der Waals surface area contributed by atoms with Crippen LogP contribution in [-0.2, 0) is 0 Å². The third kappa shape index (κ3) is 6.40. The molecule has 2 aliphatic heterocycles. The van der Waals surface area contributed by atoms with Crippen LogP contribution >= 0.6 is 0 Å². The number of aromatic nitrogens is 6. The van der Waals surface area contributed by atoms with E-state index in [1.165, 1.54) is 0 Å². The molecule has 0 bridgehead atoms. The Morgan fingerprint density at radius 3 is 1.47 bits per heavy atom. The number of carbonyl (C=O) groups excluding carboxylic acids is 2. The largest absolute Gasteiger partial charge is 0.497 e. The first-order valence-corrected chi connectivity index (χ1v) is 19.4. The van der Waals surface area contributed by atoms with Gasteiger partial charge in [-0.05, 0) is 98.5 Å². The molecule has 10 rings (SSSR count). The minimum atomic E-state index is -0.183. The van der Waals surface area contributed by atoms with Crippen molar-refractivity contribution in [3.8, 4) is 23.3 Å². The highest BCUT2D eigenvalue weighted by Gasteiger charge is 2.35. The van der Waals surface area contributed by atoms with Crippen molar-refractivity contribution < 1.29 is 19.1 Å². The van der Waals surface area contributed by atoms with Crippen LogP contribution in [0.5, 0.6) is 11.5 Å². The second-order valence-electron chi connectivity index (χ2n) is 14.8. The normalized spacial score (nSPS) is 16.7. The summed E-state index contributed by atoms with van der Waals surface area (Å²) in [6.45, 7) is 1.26. The lowest BCUT2D eigenvalue weighted by molar-refractivity contribution is 0.0718. The number of imidazole rings is 2. The summed E-state index contributed by atoms with van der Waals surface area (Å²) in [5, 5.41) is 1.89. The molecule has 0 spiro atoms. The molecule has 2 aliphatic rings. The van der Waals surface area contributed by atoms with E-state index in [1.54, 1.807) is 26.4 Å². The first kappa shape index (κ1) is 35.2. The van der Waals surface area contributed by atoms with Gasteiger partial charge in [-0.3, -0.25) is 9.59 Å². The van der Waals surface area contributed by atoms with Crippen molar-refractivity contribution in [3.63, 3.8) is 0 Å². The molecule has 2 amide bonds. The van der Waals surface area contributed by atoms with E-state index in [0.717, 1.165) is 92.3 Å². The van der Waals surface area contributed by atoms with Gasteiger partial charge in [-0.2, -0.15) is 0 Å². The van der Waals surface area contributed by atoms with Crippen molar-refractivity contribution in [2.24, 2.45) is 0 Å². The molecule has 4 aromatic carbocycles. The van der Waals surface area contributed by atoms with Crippen LogP contribution in [0.25, 0.3) is 43.9 Å². The third-order valence-electron chi connectivity index (χ3n) is 11.2. The number of aromatic amines is 2. The Kier molecular flexibility index (Phi) is 8.70. The summed E-state index contributed by atoms with van der Waals surface area (Å²) in [6.07, 6.45) is 3.38. The van der Waals surface area contributed by atoms with Gasteiger partial charge in [-0.25, -0.2) is 19.9 Å². The van der Waals surface area contributed by atoms with Crippen LogP contribution in [0.2, 0.25) is 0 Å². The molecule has 0 saturated carbocycles. The van der Waals surface area contributed by atoms with Crippen molar-refractivity contribution in [3.05, 3.63) is 131 Å². The Morgan fingerprint density at radius 1 is 0.569 bits per heavy atom. The van der Waals surface area contributed by atoms with Crippen molar-refractivity contribution in [2.45, 2.75) is 37.8 Å². The van der Waals surface area contributed by atoms with Crippen LogP contribution < -0.4 is 9.47 Å². The molecular formula is C46H38N8O4. The zero-order valence-electron chi connectivity index (χ0n) is 32.0. The van der Waals surface area contributed by atoms with Crippen molar-refractivity contribution in [1.29, 1.82) is 0 Å². The molecule has 12 nitrogen and oxygen atoms in total. The summed E-state index contributed by atoms with van der Waals surface area (Å²) in [4.78, 5) is 57.4. The fourth-order valence-corrected chi connectivity index (χ4v) is 8.24. The molecule has 0 aliphatic carbocycles. The topological polar surface area (TPSA) is 142 Å². The maximum atomic E-state index is 13.8. The van der Waals surface area contributed by atoms with Crippen LogP contribution in [0.3, 0.4) is 0 Å². The van der Waals surface area contributed by atoms with Gasteiger partial charge in [0, 0.05) is 47.1 Å². The van der Waals surface area contributed by atoms with Gasteiger partial charge in [0.15, 0.2) is 0 Å². The monoisotopic (exact) mass is 766 g/mol. The quantitative estimate of drug-likeness (QED) is 0.163. The first-order valence-electron chi connectivity index (χ1n) is 19.4. The molecule has 286 valence electrons. The summed E-state index contributed by atoms with van der Waals surface area (Å²) < 4.78 is 10.7. The fraction of sp³-hybridized carbons (Fsp3) is 0.217. The van der Waals surface area contributed by atoms with E-state index in [0.29, 0.717) is 36.0 Å². The molecule has 2 unspecified atom stereocenters. The molecule has 12 heteroatoms. The van der Waals surface area contributed by atoms with Gasteiger partial charge >= 0.3 is 0 Å². The maximum Gasteiger partial charge on any atom is 0.273 e. The highest BCUT2D eigenvalue weighted by atomic mass is 16.5. The van der Waals surface area contributed by atoms with Crippen molar-refractivity contribution >= 4 is 55.7 Å². The van der Waals surface area contributed by atoms with Gasteiger partial charge in [0.05, 0.1) is 59.4 Å². The molecule has 2 fully saturated rings. The Morgan fingerprint density at radius 2 is 1.02 bits per heavy atom. The minimum absolute atomic E-state index is 0.116. The summed E-state index contributed by atoms with van der Waals surface area (Å²) in [7, 11) is 3.23. The number of hydrogen-bond donors (Lipinski definition) is 2. The molecule has 2 N–H and O–H groups in total. The van der Waals surface area contributed by atoms with Gasteiger partial charge in [0.2, 0.25) is 0 Å². The number of nitrogens with one attached hydrogen (secondary N) is 2. The number of benzene rings is 4. The lowest BCUT2D eigenvalue weighted by Crippen LogP contribution is -2.31. The van der Waals surface area contributed by atoms with Gasteiger partial charge < -0.3 is 29.2 Å². The third-order valence-corrected chi connectivity index (χ3v) is 11.2. The molecule has 2 atom stereocenters. The standard InChI is InChI=1S/C46H38N8O4/c1-57-31-15-11-29-13-19-35(47-37(29)25-31)45(55)53-21-3-5-41(53)43-49-33-17-9-27(23-39(33)51-43)7-8-28-10-18-34-40(24-28)52-44(50-34)42-6-4-22-54(42)46(56)36-20-14-30-12-16-32(58-2)26-38(30)48-36/h9-20,23-26,41-42H,3-6,21-22H2,1-2H3,(H,49,51)(H,50,52). The van der Waals surface area contributed by atoms with Gasteiger partial charge in [0.25, 0.3) is 11.8 Å². The maximum absolute atomic E-state index is 13.8. The van der Waals surface area contributed by atoms with Gasteiger partial charge in [-0.15, -0.1) is 0 Å². The van der Waals surface area contributed by atoms with E-state index in [9.17, 15) is 9.59 Å². The lowest BCUT2D eigenvalue weighted by atomic mass is 10.1. The van der Waals surface area contributed by atoms with Gasteiger partial charge in [-0.1, -0.05) is 24.0 Å². The van der Waals surface area contributed by atoms with E-state index >= 15 is 0 Å². The lowest BCUT2D eigenvalue weighted by Gasteiger charge is -2.23. The van der Waals surface area contributed by atoms with E-state index in [-0.39, 0.29) is 23.9 Å². The molecule has 6 heterocycles. The van der Waals surface area contributed by atoms with Crippen molar-refractivity contribution in [2.75, 3.05) is 27.3 Å². The molecule has 58 heavy (non-hydrogen) atoms. The number of carbonyl (C=O) groups is 2. The van der Waals surface area contributed by atoms with Crippen LogP contribution in [-0.4, -0.2) is 78.8 Å². The number of ether oxygens (including phenoxy) is 2. The number of nitrogens with zero attached hydrogens (tertiary/aromatic N) is 6. The zero-order chi connectivity index (χ0) is 39.3. The number of pyridine rings is 2. The van der Waals surface area contributed by atoms with Crippen LogP contribution in [0.4, 0.5) is 0 Å². The van der Waals surface area contributed by atoms with E-state index in [4.69, 9.17) is 19.4 Å². The fourth-order valence-electron chi connectivity index (χ4n) is 8.24. The van der Waals surface area contributed by atoms with Crippen LogP contribution in [0, 0.1) is 11.8 Å². The number of H-pyrrole nitrogens is 2. The number of hydrogen-bond acceptors (Lipinski definition) is 8. The number of methoxy groups -OCH3 is 2. The second-order valence-corrected chi connectivity index (χ2v) is 14.8. The summed E-state index contributed by atoms with van der Waals surface area (Å²) >= 11 is 0. The Labute approximate surface area is 333 Å². The van der Waals surface area contributed by atoms with Crippen LogP contribution in [0.15, 0.2) is 97.1 Å². The number of fused-ring (bicyclic) bond motifs is 4. The molecule has 8 aromatic rings. The molecule has 4 aromatic heterocycles. The Bertz CT molecular complexity index is 2800. The minimum Gasteiger partial charge on any atom is -0.497 e. The van der Waals surface area contributed by atoms with E-state index in [1.807, 2.05) is 94.7 Å². The second kappa shape index (κ2) is 14.4. The molecular weight excluding hydrogens is 729 g/mol. The number of amides is 2. The SMILES string of the molecule is COc1ccc2ccc(C(=O)N3CCCC3c3nc4cc(C#Cc5ccc6[nH]c(C7CCCN7C(=O)c7ccc8ccc(OC)cc8n7)nc6c5)ccc4[nH]3)nc2c1. The average Bonchev–Trinajstić information content (AvgIpc) is 4.10. The Balaban J connectivity index is 0.854. The average molecular weight is 767 g/mol.